The fraction of sp³-hybridized carbons (Fsp3) is 0.267. The molecule has 0 atom stereocenters. The summed E-state index contributed by atoms with van der Waals surface area (Å²) in [5, 5.41) is 12.1. The fourth-order valence-electron chi connectivity index (χ4n) is 1.76. The molecule has 0 unspecified atom stereocenters. The van der Waals surface area contributed by atoms with Crippen LogP contribution in [-0.4, -0.2) is 17.0 Å². The van der Waals surface area contributed by atoms with Crippen molar-refractivity contribution in [2.45, 2.75) is 19.9 Å². The number of nitrogens with one attached hydrogen (secondary N) is 1. The van der Waals surface area contributed by atoms with E-state index >= 15 is 0 Å². The Labute approximate surface area is 118 Å². The quantitative estimate of drug-likeness (QED) is 0.666. The molecule has 1 heterocycles. The summed E-state index contributed by atoms with van der Waals surface area (Å²) in [6, 6.07) is 10.2. The minimum atomic E-state index is 0.575. The van der Waals surface area contributed by atoms with Crippen molar-refractivity contribution in [2.24, 2.45) is 0 Å². The maximum absolute atomic E-state index is 8.83. The summed E-state index contributed by atoms with van der Waals surface area (Å²) in [5.74, 6) is 1.28. The van der Waals surface area contributed by atoms with Crippen LogP contribution in [0.5, 0.6) is 0 Å². The molecule has 20 heavy (non-hydrogen) atoms. The molecule has 0 amide bonds. The van der Waals surface area contributed by atoms with Crippen LogP contribution >= 0.6 is 0 Å². The highest BCUT2D eigenvalue weighted by molar-refractivity contribution is 5.50. The maximum atomic E-state index is 8.83. The van der Waals surface area contributed by atoms with Gasteiger partial charge in [0.05, 0.1) is 0 Å². The van der Waals surface area contributed by atoms with Gasteiger partial charge >= 0.3 is 0 Å². The Hall–Kier alpha value is -2.61. The predicted octanol–water partition coefficient (Wildman–Crippen LogP) is 2.57. The van der Waals surface area contributed by atoms with E-state index in [-0.39, 0.29) is 0 Å². The summed E-state index contributed by atoms with van der Waals surface area (Å²) in [4.78, 5) is 9.58. The van der Waals surface area contributed by atoms with Gasteiger partial charge in [-0.1, -0.05) is 31.2 Å². The summed E-state index contributed by atoms with van der Waals surface area (Å²) in [5.41, 5.74) is 2.52. The van der Waals surface area contributed by atoms with Gasteiger partial charge < -0.3 is 5.32 Å². The molecule has 1 N–H and O–H groups in total. The van der Waals surface area contributed by atoms with Gasteiger partial charge in [0.25, 0.3) is 0 Å². The average Bonchev–Trinajstić information content (AvgIpc) is 2.53. The summed E-state index contributed by atoms with van der Waals surface area (Å²) < 4.78 is 0. The van der Waals surface area contributed by atoms with Crippen molar-refractivity contribution in [3.8, 4) is 6.19 Å². The SMILES string of the molecule is CCc1ccc(CNc2cc(N(C)C#N)ncn2)cc1. The third-order valence-electron chi connectivity index (χ3n) is 3.05. The van der Waals surface area contributed by atoms with Crippen molar-refractivity contribution in [1.82, 2.24) is 9.97 Å². The summed E-state index contributed by atoms with van der Waals surface area (Å²) >= 11 is 0. The van der Waals surface area contributed by atoms with Gasteiger partial charge in [0.2, 0.25) is 0 Å². The van der Waals surface area contributed by atoms with E-state index in [0.717, 1.165) is 6.42 Å². The van der Waals surface area contributed by atoms with Crippen molar-refractivity contribution >= 4 is 11.6 Å². The smallest absolute Gasteiger partial charge is 0.185 e. The molecule has 0 fully saturated rings. The zero-order chi connectivity index (χ0) is 14.4. The molecule has 0 bridgehead atoms. The van der Waals surface area contributed by atoms with Crippen LogP contribution in [0.2, 0.25) is 0 Å². The lowest BCUT2D eigenvalue weighted by Gasteiger charge is -2.10. The van der Waals surface area contributed by atoms with E-state index in [9.17, 15) is 0 Å². The average molecular weight is 267 g/mol. The van der Waals surface area contributed by atoms with E-state index in [1.165, 1.54) is 22.4 Å². The van der Waals surface area contributed by atoms with Crippen molar-refractivity contribution in [2.75, 3.05) is 17.3 Å². The first-order chi connectivity index (χ1) is 9.72. The van der Waals surface area contributed by atoms with Crippen LogP contribution in [0.25, 0.3) is 0 Å². The molecule has 2 aromatic rings. The number of rotatable bonds is 5. The minimum absolute atomic E-state index is 0.575. The Morgan fingerprint density at radius 3 is 2.55 bits per heavy atom. The van der Waals surface area contributed by atoms with Crippen LogP contribution in [0, 0.1) is 11.5 Å². The zero-order valence-electron chi connectivity index (χ0n) is 11.7. The Balaban J connectivity index is 2.01. The molecule has 0 radical (unpaired) electrons. The molecule has 0 aliphatic rings. The van der Waals surface area contributed by atoms with E-state index in [2.05, 4.69) is 46.5 Å². The normalized spacial score (nSPS) is 9.85. The van der Waals surface area contributed by atoms with Gasteiger partial charge in [-0.15, -0.1) is 0 Å². The highest BCUT2D eigenvalue weighted by atomic mass is 15.2. The van der Waals surface area contributed by atoms with Crippen molar-refractivity contribution in [1.29, 1.82) is 5.26 Å². The molecule has 1 aromatic carbocycles. The Morgan fingerprint density at radius 1 is 1.20 bits per heavy atom. The topological polar surface area (TPSA) is 64.8 Å². The number of hydrogen-bond acceptors (Lipinski definition) is 5. The van der Waals surface area contributed by atoms with Crippen LogP contribution in [-0.2, 0) is 13.0 Å². The number of aryl methyl sites for hydroxylation is 1. The lowest BCUT2D eigenvalue weighted by molar-refractivity contribution is 1.05. The van der Waals surface area contributed by atoms with Crippen molar-refractivity contribution in [3.63, 3.8) is 0 Å². The predicted molar refractivity (Wildman–Crippen MR) is 79.2 cm³/mol. The van der Waals surface area contributed by atoms with Gasteiger partial charge in [-0.3, -0.25) is 4.90 Å². The van der Waals surface area contributed by atoms with Gasteiger partial charge in [-0.25, -0.2) is 9.97 Å². The summed E-state index contributed by atoms with van der Waals surface area (Å²) in [6.45, 7) is 2.83. The largest absolute Gasteiger partial charge is 0.366 e. The second kappa shape index (κ2) is 6.53. The molecule has 0 aliphatic carbocycles. The number of aromatic nitrogens is 2. The highest BCUT2D eigenvalue weighted by Gasteiger charge is 2.03. The molecular formula is C15H17N5. The molecule has 0 saturated carbocycles. The Morgan fingerprint density at radius 2 is 1.90 bits per heavy atom. The van der Waals surface area contributed by atoms with Crippen LogP contribution in [0.1, 0.15) is 18.1 Å². The number of benzene rings is 1. The Kier molecular flexibility index (Phi) is 4.51. The van der Waals surface area contributed by atoms with Gasteiger partial charge in [0.1, 0.15) is 18.0 Å². The first-order valence-electron chi connectivity index (χ1n) is 6.50. The maximum Gasteiger partial charge on any atom is 0.185 e. The second-order valence-corrected chi connectivity index (χ2v) is 4.44. The van der Waals surface area contributed by atoms with Crippen LogP contribution in [0.4, 0.5) is 11.6 Å². The van der Waals surface area contributed by atoms with Gasteiger partial charge in [0.15, 0.2) is 6.19 Å². The highest BCUT2D eigenvalue weighted by Crippen LogP contribution is 2.13. The first kappa shape index (κ1) is 13.8. The third kappa shape index (κ3) is 3.45. The number of anilines is 2. The van der Waals surface area contributed by atoms with E-state index in [0.29, 0.717) is 18.2 Å². The third-order valence-corrected chi connectivity index (χ3v) is 3.05. The van der Waals surface area contributed by atoms with E-state index in [4.69, 9.17) is 5.26 Å². The van der Waals surface area contributed by atoms with Crippen LogP contribution < -0.4 is 10.2 Å². The first-order valence-corrected chi connectivity index (χ1v) is 6.50. The van der Waals surface area contributed by atoms with Crippen molar-refractivity contribution < 1.29 is 0 Å². The molecular weight excluding hydrogens is 250 g/mol. The van der Waals surface area contributed by atoms with Gasteiger partial charge in [0, 0.05) is 19.7 Å². The van der Waals surface area contributed by atoms with Gasteiger partial charge in [-0.2, -0.15) is 5.26 Å². The number of hydrogen-bond donors (Lipinski definition) is 1. The summed E-state index contributed by atoms with van der Waals surface area (Å²) in [6.07, 6.45) is 4.51. The van der Waals surface area contributed by atoms with E-state index < -0.39 is 0 Å². The zero-order valence-corrected chi connectivity index (χ0v) is 11.7. The molecule has 0 spiro atoms. The monoisotopic (exact) mass is 267 g/mol. The molecule has 5 nitrogen and oxygen atoms in total. The van der Waals surface area contributed by atoms with E-state index in [1.54, 1.807) is 13.1 Å². The molecule has 102 valence electrons. The van der Waals surface area contributed by atoms with Crippen molar-refractivity contribution in [3.05, 3.63) is 47.8 Å². The molecule has 5 heteroatoms. The molecule has 0 aliphatic heterocycles. The van der Waals surface area contributed by atoms with Gasteiger partial charge in [-0.05, 0) is 17.5 Å². The van der Waals surface area contributed by atoms with E-state index in [1.807, 2.05) is 6.19 Å². The lowest BCUT2D eigenvalue weighted by atomic mass is 10.1. The molecule has 0 saturated heterocycles. The number of nitriles is 1. The lowest BCUT2D eigenvalue weighted by Crippen LogP contribution is -2.11. The molecule has 1 aromatic heterocycles. The fourth-order valence-corrected chi connectivity index (χ4v) is 1.76. The van der Waals surface area contributed by atoms with Crippen LogP contribution in [0.15, 0.2) is 36.7 Å². The van der Waals surface area contributed by atoms with Crippen LogP contribution in [0.3, 0.4) is 0 Å². The Bertz CT molecular complexity index is 600. The minimum Gasteiger partial charge on any atom is -0.366 e. The second-order valence-electron chi connectivity index (χ2n) is 4.44. The molecule has 2 rings (SSSR count). The standard InChI is InChI=1S/C15H17N5/c1-3-12-4-6-13(7-5-12)9-17-14-8-15(19-11-18-14)20(2)10-16/h4-8,11H,3,9H2,1-2H3,(H,17,18,19). The summed E-state index contributed by atoms with van der Waals surface area (Å²) in [7, 11) is 1.66. The number of nitrogens with zero attached hydrogens (tertiary/aromatic N) is 4.